The van der Waals surface area contributed by atoms with Crippen LogP contribution in [0.15, 0.2) is 24.3 Å². The molecule has 0 aliphatic carbocycles. The number of halogens is 6. The number of thiocarbonyl (C=S) groups is 1. The fourth-order valence-electron chi connectivity index (χ4n) is 1.43. The van der Waals surface area contributed by atoms with Crippen LogP contribution in [-0.4, -0.2) is 22.6 Å². The molecule has 112 valence electrons. The highest BCUT2D eigenvalue weighted by atomic mass is 32.1. The summed E-state index contributed by atoms with van der Waals surface area (Å²) in [5.74, 6) is 0. The molecule has 0 heterocycles. The minimum Gasteiger partial charge on any atom is -0.376 e. The van der Waals surface area contributed by atoms with Crippen molar-refractivity contribution in [3.63, 3.8) is 0 Å². The standard InChI is InChI=1S/C10H8F6N2OS/c11-9(12,13)8(19,10(14,15)16)5-1-3-6(4-2-5)18-7(17)20/h1-4,19H,(H3,17,18,20). The van der Waals surface area contributed by atoms with E-state index in [2.05, 4.69) is 17.5 Å². The molecular formula is C10H8F6N2OS. The Kier molecular flexibility index (Phi) is 4.20. The fourth-order valence-corrected chi connectivity index (χ4v) is 1.54. The van der Waals surface area contributed by atoms with Crippen LogP contribution in [0.4, 0.5) is 32.0 Å². The van der Waals surface area contributed by atoms with Gasteiger partial charge in [-0.25, -0.2) is 0 Å². The van der Waals surface area contributed by atoms with Gasteiger partial charge in [0.1, 0.15) is 0 Å². The van der Waals surface area contributed by atoms with Gasteiger partial charge in [0, 0.05) is 11.3 Å². The van der Waals surface area contributed by atoms with Crippen molar-refractivity contribution in [1.29, 1.82) is 0 Å². The van der Waals surface area contributed by atoms with Crippen molar-refractivity contribution in [2.24, 2.45) is 5.73 Å². The summed E-state index contributed by atoms with van der Waals surface area (Å²) in [7, 11) is 0. The van der Waals surface area contributed by atoms with Crippen LogP contribution < -0.4 is 11.1 Å². The number of hydrogen-bond acceptors (Lipinski definition) is 2. The van der Waals surface area contributed by atoms with Gasteiger partial charge in [0.05, 0.1) is 0 Å². The third-order valence-electron chi connectivity index (χ3n) is 2.39. The van der Waals surface area contributed by atoms with Crippen LogP contribution >= 0.6 is 12.2 Å². The van der Waals surface area contributed by atoms with Crippen molar-refractivity contribution in [2.45, 2.75) is 18.0 Å². The Labute approximate surface area is 114 Å². The van der Waals surface area contributed by atoms with Crippen molar-refractivity contribution >= 4 is 23.0 Å². The molecule has 0 bridgehead atoms. The zero-order valence-electron chi connectivity index (χ0n) is 9.51. The second-order valence-corrected chi connectivity index (χ2v) is 4.21. The van der Waals surface area contributed by atoms with Gasteiger partial charge >= 0.3 is 12.4 Å². The van der Waals surface area contributed by atoms with Crippen LogP contribution in [0, 0.1) is 0 Å². The van der Waals surface area contributed by atoms with Crippen LogP contribution in [0.2, 0.25) is 0 Å². The molecule has 0 fully saturated rings. The number of anilines is 1. The zero-order valence-corrected chi connectivity index (χ0v) is 10.3. The number of rotatable bonds is 2. The maximum Gasteiger partial charge on any atom is 0.430 e. The Morgan fingerprint density at radius 3 is 1.70 bits per heavy atom. The Hall–Kier alpha value is -1.55. The molecule has 0 spiro atoms. The first-order valence-electron chi connectivity index (χ1n) is 4.92. The Bertz CT molecular complexity index is 482. The zero-order chi connectivity index (χ0) is 15.8. The molecular weight excluding hydrogens is 310 g/mol. The number of nitrogens with two attached hydrogens (primary N) is 1. The van der Waals surface area contributed by atoms with Gasteiger partial charge in [-0.15, -0.1) is 0 Å². The molecule has 1 rings (SSSR count). The van der Waals surface area contributed by atoms with E-state index >= 15 is 0 Å². The van der Waals surface area contributed by atoms with Gasteiger partial charge in [0.15, 0.2) is 5.11 Å². The van der Waals surface area contributed by atoms with Crippen molar-refractivity contribution in [3.05, 3.63) is 29.8 Å². The molecule has 0 aliphatic heterocycles. The summed E-state index contributed by atoms with van der Waals surface area (Å²) in [6, 6.07) is 2.75. The van der Waals surface area contributed by atoms with E-state index in [-0.39, 0.29) is 10.8 Å². The topological polar surface area (TPSA) is 58.3 Å². The Morgan fingerprint density at radius 2 is 1.40 bits per heavy atom. The summed E-state index contributed by atoms with van der Waals surface area (Å²) in [6.07, 6.45) is -11.8. The molecule has 10 heteroatoms. The van der Waals surface area contributed by atoms with E-state index in [0.717, 1.165) is 12.1 Å². The molecule has 20 heavy (non-hydrogen) atoms. The van der Waals surface area contributed by atoms with E-state index in [9.17, 15) is 26.3 Å². The summed E-state index contributed by atoms with van der Waals surface area (Å²) in [5.41, 5.74) is -1.11. The van der Waals surface area contributed by atoms with Gasteiger partial charge in [-0.05, 0) is 24.4 Å². The van der Waals surface area contributed by atoms with Crippen LogP contribution in [0.5, 0.6) is 0 Å². The average molecular weight is 318 g/mol. The third-order valence-corrected chi connectivity index (χ3v) is 2.49. The first-order chi connectivity index (χ1) is 8.89. The lowest BCUT2D eigenvalue weighted by Crippen LogP contribution is -2.53. The summed E-state index contributed by atoms with van der Waals surface area (Å²) in [5, 5.41) is 11.2. The minimum atomic E-state index is -5.91. The van der Waals surface area contributed by atoms with E-state index < -0.39 is 23.5 Å². The lowest BCUT2D eigenvalue weighted by atomic mass is 9.92. The number of benzene rings is 1. The number of nitrogens with one attached hydrogen (secondary N) is 1. The molecule has 3 nitrogen and oxygen atoms in total. The highest BCUT2D eigenvalue weighted by Crippen LogP contribution is 2.50. The van der Waals surface area contributed by atoms with Gasteiger partial charge in [-0.1, -0.05) is 12.1 Å². The summed E-state index contributed by atoms with van der Waals surface area (Å²) in [6.45, 7) is 0. The van der Waals surface area contributed by atoms with Gasteiger partial charge in [0.2, 0.25) is 0 Å². The summed E-state index contributed by atoms with van der Waals surface area (Å²) >= 11 is 4.46. The van der Waals surface area contributed by atoms with Gasteiger partial charge < -0.3 is 16.2 Å². The molecule has 1 aromatic rings. The Balaban J connectivity index is 3.27. The van der Waals surface area contributed by atoms with Gasteiger partial charge in [0.25, 0.3) is 5.60 Å². The minimum absolute atomic E-state index is 0.0907. The SMILES string of the molecule is NC(=S)Nc1ccc(C(O)(C(F)(F)F)C(F)(F)F)cc1. The van der Waals surface area contributed by atoms with E-state index in [1.165, 1.54) is 0 Å². The number of alkyl halides is 6. The molecule has 4 N–H and O–H groups in total. The lowest BCUT2D eigenvalue weighted by molar-refractivity contribution is -0.376. The molecule has 0 saturated heterocycles. The largest absolute Gasteiger partial charge is 0.430 e. The van der Waals surface area contributed by atoms with Crippen LogP contribution in [0.25, 0.3) is 0 Å². The predicted molar refractivity (Wildman–Crippen MR) is 62.9 cm³/mol. The van der Waals surface area contributed by atoms with Crippen molar-refractivity contribution in [2.75, 3.05) is 5.32 Å². The molecule has 0 atom stereocenters. The van der Waals surface area contributed by atoms with Crippen molar-refractivity contribution < 1.29 is 31.4 Å². The second kappa shape index (κ2) is 5.09. The molecule has 0 unspecified atom stereocenters. The normalized spacial score (nSPS) is 13.2. The third kappa shape index (κ3) is 2.96. The lowest BCUT2D eigenvalue weighted by Gasteiger charge is -2.32. The maximum absolute atomic E-state index is 12.6. The second-order valence-electron chi connectivity index (χ2n) is 3.77. The first-order valence-corrected chi connectivity index (χ1v) is 5.33. The monoisotopic (exact) mass is 318 g/mol. The van der Waals surface area contributed by atoms with E-state index in [0.29, 0.717) is 12.1 Å². The van der Waals surface area contributed by atoms with Gasteiger partial charge in [-0.2, -0.15) is 26.3 Å². The van der Waals surface area contributed by atoms with Crippen molar-refractivity contribution in [1.82, 2.24) is 0 Å². The Morgan fingerprint density at radius 1 is 1.00 bits per heavy atom. The smallest absolute Gasteiger partial charge is 0.376 e. The van der Waals surface area contributed by atoms with E-state index in [1.54, 1.807) is 0 Å². The highest BCUT2D eigenvalue weighted by Gasteiger charge is 2.71. The maximum atomic E-state index is 12.6. The highest BCUT2D eigenvalue weighted by molar-refractivity contribution is 7.80. The first kappa shape index (κ1) is 16.5. The molecule has 1 aromatic carbocycles. The predicted octanol–water partition coefficient (Wildman–Crippen LogP) is 2.65. The molecule has 0 saturated carbocycles. The molecule has 0 radical (unpaired) electrons. The van der Waals surface area contributed by atoms with Gasteiger partial charge in [-0.3, -0.25) is 0 Å². The number of hydrogen-bond donors (Lipinski definition) is 3. The summed E-state index contributed by atoms with van der Waals surface area (Å²) in [4.78, 5) is 0. The molecule has 0 aliphatic rings. The summed E-state index contributed by atoms with van der Waals surface area (Å²) < 4.78 is 75.4. The van der Waals surface area contributed by atoms with Crippen molar-refractivity contribution in [3.8, 4) is 0 Å². The van der Waals surface area contributed by atoms with Crippen LogP contribution in [0.1, 0.15) is 5.56 Å². The molecule has 0 amide bonds. The van der Waals surface area contributed by atoms with Crippen LogP contribution in [0.3, 0.4) is 0 Å². The van der Waals surface area contributed by atoms with E-state index in [1.807, 2.05) is 0 Å². The molecule has 0 aromatic heterocycles. The quantitative estimate of drug-likeness (QED) is 0.580. The average Bonchev–Trinajstić information content (AvgIpc) is 2.25. The van der Waals surface area contributed by atoms with Crippen LogP contribution in [-0.2, 0) is 5.60 Å². The number of aliphatic hydroxyl groups is 1. The fraction of sp³-hybridized carbons (Fsp3) is 0.300. The van der Waals surface area contributed by atoms with E-state index in [4.69, 9.17) is 10.8 Å².